The van der Waals surface area contributed by atoms with Crippen LogP contribution in [-0.2, 0) is 9.53 Å². The van der Waals surface area contributed by atoms with Gasteiger partial charge in [0.1, 0.15) is 5.82 Å². The molecular formula is C18H22FN3O2S. The first kappa shape index (κ1) is 18.0. The second kappa shape index (κ2) is 7.59. The predicted molar refractivity (Wildman–Crippen MR) is 97.3 cm³/mol. The number of rotatable bonds is 5. The number of nitrogens with zero attached hydrogens (tertiary/aromatic N) is 1. The number of methoxy groups -OCH3 is 1. The first-order valence-electron chi connectivity index (χ1n) is 8.28. The number of ether oxygens (including phenoxy) is 1. The maximum absolute atomic E-state index is 13.1. The van der Waals surface area contributed by atoms with Gasteiger partial charge in [0, 0.05) is 17.6 Å². The number of benzene rings is 1. The number of piperidine rings is 1. The van der Waals surface area contributed by atoms with Gasteiger partial charge >= 0.3 is 0 Å². The smallest absolute Gasteiger partial charge is 0.234 e. The van der Waals surface area contributed by atoms with Crippen LogP contribution in [0.1, 0.15) is 17.7 Å². The average Bonchev–Trinajstić information content (AvgIpc) is 2.97. The number of hydrogen-bond acceptors (Lipinski definition) is 5. The Labute approximate surface area is 150 Å². The summed E-state index contributed by atoms with van der Waals surface area (Å²) in [6.45, 7) is 3.94. The molecule has 1 aromatic carbocycles. The van der Waals surface area contributed by atoms with Gasteiger partial charge in [-0.15, -0.1) is 11.3 Å². The number of carbonyl (C=O) groups excluding carboxylic acids is 1. The molecule has 1 aliphatic rings. The van der Waals surface area contributed by atoms with Crippen LogP contribution in [0.3, 0.4) is 0 Å². The van der Waals surface area contributed by atoms with Gasteiger partial charge in [0.2, 0.25) is 5.91 Å². The number of hydrogen-bond donors (Lipinski definition) is 2. The van der Waals surface area contributed by atoms with Crippen LogP contribution >= 0.6 is 11.3 Å². The van der Waals surface area contributed by atoms with Crippen LogP contribution in [0.5, 0.6) is 0 Å². The van der Waals surface area contributed by atoms with E-state index in [0.717, 1.165) is 42.1 Å². The predicted octanol–water partition coefficient (Wildman–Crippen LogP) is 3.21. The van der Waals surface area contributed by atoms with Gasteiger partial charge in [-0.1, -0.05) is 0 Å². The summed E-state index contributed by atoms with van der Waals surface area (Å²) in [6.07, 6.45) is 1.48. The van der Waals surface area contributed by atoms with E-state index in [0.29, 0.717) is 11.7 Å². The Bertz CT molecular complexity index is 734. The highest BCUT2D eigenvalue weighted by atomic mass is 32.1. The standard InChI is InChI=1S/C18H22FN3O2S/c1-12-15(13-3-5-14(19)6-4-13)21-17(25-12)22-16(23)18(11-24-2)7-9-20-10-8-18/h3-6,20H,7-11H2,1-2H3,(H,21,22,23). The molecule has 0 aliphatic carbocycles. The molecule has 1 amide bonds. The summed E-state index contributed by atoms with van der Waals surface area (Å²) in [5, 5.41) is 6.81. The van der Waals surface area contributed by atoms with E-state index in [1.54, 1.807) is 19.2 Å². The van der Waals surface area contributed by atoms with E-state index in [9.17, 15) is 9.18 Å². The van der Waals surface area contributed by atoms with E-state index in [1.807, 2.05) is 6.92 Å². The Hall–Kier alpha value is -1.83. The molecule has 2 heterocycles. The Morgan fingerprint density at radius 1 is 1.36 bits per heavy atom. The zero-order valence-corrected chi connectivity index (χ0v) is 15.2. The Kier molecular flexibility index (Phi) is 5.46. The fourth-order valence-electron chi connectivity index (χ4n) is 3.17. The molecule has 1 aliphatic heterocycles. The summed E-state index contributed by atoms with van der Waals surface area (Å²) in [5.74, 6) is -0.326. The van der Waals surface area contributed by atoms with Gasteiger partial charge < -0.3 is 15.4 Å². The zero-order chi connectivity index (χ0) is 17.9. The Balaban J connectivity index is 1.79. The quantitative estimate of drug-likeness (QED) is 0.856. The summed E-state index contributed by atoms with van der Waals surface area (Å²) in [6, 6.07) is 6.22. The lowest BCUT2D eigenvalue weighted by molar-refractivity contribution is -0.130. The molecule has 2 N–H and O–H groups in total. The van der Waals surface area contributed by atoms with Crippen molar-refractivity contribution in [2.45, 2.75) is 19.8 Å². The van der Waals surface area contributed by atoms with Crippen molar-refractivity contribution in [3.8, 4) is 11.3 Å². The van der Waals surface area contributed by atoms with Gasteiger partial charge in [-0.05, 0) is 57.1 Å². The summed E-state index contributed by atoms with van der Waals surface area (Å²) in [4.78, 5) is 18.4. The van der Waals surface area contributed by atoms with Crippen molar-refractivity contribution in [1.29, 1.82) is 0 Å². The lowest BCUT2D eigenvalue weighted by atomic mass is 9.79. The first-order chi connectivity index (χ1) is 12.0. The molecule has 0 unspecified atom stereocenters. The third-order valence-electron chi connectivity index (χ3n) is 4.60. The third-order valence-corrected chi connectivity index (χ3v) is 5.48. The number of aryl methyl sites for hydroxylation is 1. The van der Waals surface area contributed by atoms with Crippen LogP contribution in [0.15, 0.2) is 24.3 Å². The molecule has 1 fully saturated rings. The van der Waals surface area contributed by atoms with E-state index in [-0.39, 0.29) is 11.7 Å². The molecule has 3 rings (SSSR count). The minimum Gasteiger partial charge on any atom is -0.384 e. The Morgan fingerprint density at radius 2 is 2.04 bits per heavy atom. The van der Waals surface area contributed by atoms with Gasteiger partial charge in [0.05, 0.1) is 17.7 Å². The average molecular weight is 363 g/mol. The molecule has 134 valence electrons. The molecule has 0 bridgehead atoms. The number of thiazole rings is 1. The van der Waals surface area contributed by atoms with Gasteiger partial charge in [-0.3, -0.25) is 4.79 Å². The summed E-state index contributed by atoms with van der Waals surface area (Å²) in [5.41, 5.74) is 1.09. The van der Waals surface area contributed by atoms with E-state index in [4.69, 9.17) is 4.74 Å². The van der Waals surface area contributed by atoms with Crippen molar-refractivity contribution in [3.05, 3.63) is 35.0 Å². The van der Waals surface area contributed by atoms with Gasteiger partial charge in [-0.2, -0.15) is 0 Å². The van der Waals surface area contributed by atoms with Crippen molar-refractivity contribution in [3.63, 3.8) is 0 Å². The van der Waals surface area contributed by atoms with Crippen molar-refractivity contribution < 1.29 is 13.9 Å². The molecule has 0 atom stereocenters. The number of anilines is 1. The fraction of sp³-hybridized carbons (Fsp3) is 0.444. The van der Waals surface area contributed by atoms with Crippen LogP contribution < -0.4 is 10.6 Å². The molecule has 2 aromatic rings. The molecular weight excluding hydrogens is 341 g/mol. The number of amides is 1. The number of carbonyl (C=O) groups is 1. The monoisotopic (exact) mass is 363 g/mol. The maximum atomic E-state index is 13.1. The van der Waals surface area contributed by atoms with Crippen molar-refractivity contribution in [1.82, 2.24) is 10.3 Å². The summed E-state index contributed by atoms with van der Waals surface area (Å²) >= 11 is 1.43. The first-order valence-corrected chi connectivity index (χ1v) is 9.10. The second-order valence-corrected chi connectivity index (χ2v) is 7.55. The van der Waals surface area contributed by atoms with Crippen molar-refractivity contribution in [2.24, 2.45) is 5.41 Å². The SMILES string of the molecule is COCC1(C(=O)Nc2nc(-c3ccc(F)cc3)c(C)s2)CCNCC1. The Morgan fingerprint density at radius 3 is 2.68 bits per heavy atom. The molecule has 5 nitrogen and oxygen atoms in total. The molecule has 25 heavy (non-hydrogen) atoms. The van der Waals surface area contributed by atoms with Gasteiger partial charge in [0.25, 0.3) is 0 Å². The van der Waals surface area contributed by atoms with Crippen molar-refractivity contribution >= 4 is 22.4 Å². The van der Waals surface area contributed by atoms with Crippen LogP contribution in [0.4, 0.5) is 9.52 Å². The van der Waals surface area contributed by atoms with Crippen molar-refractivity contribution in [2.75, 3.05) is 32.1 Å². The summed E-state index contributed by atoms with van der Waals surface area (Å²) in [7, 11) is 1.62. The molecule has 7 heteroatoms. The normalized spacial score (nSPS) is 16.6. The highest BCUT2D eigenvalue weighted by Crippen LogP contribution is 2.34. The number of nitrogens with one attached hydrogen (secondary N) is 2. The number of aromatic nitrogens is 1. The van der Waals surface area contributed by atoms with Crippen LogP contribution in [-0.4, -0.2) is 37.7 Å². The van der Waals surface area contributed by atoms with E-state index in [2.05, 4.69) is 15.6 Å². The maximum Gasteiger partial charge on any atom is 0.234 e. The van der Waals surface area contributed by atoms with E-state index in [1.165, 1.54) is 23.5 Å². The highest BCUT2D eigenvalue weighted by Gasteiger charge is 2.40. The largest absolute Gasteiger partial charge is 0.384 e. The molecule has 0 radical (unpaired) electrons. The van der Waals surface area contributed by atoms with Crippen LogP contribution in [0, 0.1) is 18.2 Å². The minimum atomic E-state index is -0.518. The number of halogens is 1. The second-order valence-electron chi connectivity index (χ2n) is 6.35. The molecule has 1 aromatic heterocycles. The third kappa shape index (κ3) is 3.89. The lowest BCUT2D eigenvalue weighted by Crippen LogP contribution is -2.47. The van der Waals surface area contributed by atoms with Gasteiger partial charge in [0.15, 0.2) is 5.13 Å². The fourth-order valence-corrected chi connectivity index (χ4v) is 4.00. The molecule has 0 spiro atoms. The molecule has 0 saturated carbocycles. The minimum absolute atomic E-state index is 0.0461. The van der Waals surface area contributed by atoms with E-state index >= 15 is 0 Å². The van der Waals surface area contributed by atoms with Crippen LogP contribution in [0.2, 0.25) is 0 Å². The van der Waals surface area contributed by atoms with Gasteiger partial charge in [-0.25, -0.2) is 9.37 Å². The topological polar surface area (TPSA) is 63.2 Å². The summed E-state index contributed by atoms with van der Waals surface area (Å²) < 4.78 is 18.4. The molecule has 1 saturated heterocycles. The highest BCUT2D eigenvalue weighted by molar-refractivity contribution is 7.16. The van der Waals surface area contributed by atoms with Crippen LogP contribution in [0.25, 0.3) is 11.3 Å². The lowest BCUT2D eigenvalue weighted by Gasteiger charge is -2.35. The zero-order valence-electron chi connectivity index (χ0n) is 14.4. The van der Waals surface area contributed by atoms with E-state index < -0.39 is 5.41 Å².